The smallest absolute Gasteiger partial charge is 0.249 e. The average molecular weight is 572 g/mol. The molecular weight excluding hydrogens is 518 g/mol. The van der Waals surface area contributed by atoms with E-state index in [1.165, 1.54) is 0 Å². The van der Waals surface area contributed by atoms with E-state index in [2.05, 4.69) is 41.5 Å². The maximum atomic E-state index is 14.8. The normalized spacial score (nSPS) is 31.9. The van der Waals surface area contributed by atoms with Crippen LogP contribution in [0.5, 0.6) is 0 Å². The Morgan fingerprint density at radius 1 is 0.878 bits per heavy atom. The monoisotopic (exact) mass is 571 g/mol. The zero-order chi connectivity index (χ0) is 30.2. The van der Waals surface area contributed by atoms with Gasteiger partial charge in [-0.3, -0.25) is 14.4 Å². The number of aliphatic hydroxyl groups excluding tert-OH is 1. The van der Waals surface area contributed by atoms with E-state index in [0.717, 1.165) is 38.5 Å². The number of nitrogens with zero attached hydrogens (tertiary/aromatic N) is 3. The fourth-order valence-corrected chi connectivity index (χ4v) is 8.21. The van der Waals surface area contributed by atoms with E-state index in [9.17, 15) is 19.5 Å². The molecule has 1 N–H and O–H groups in total. The van der Waals surface area contributed by atoms with Crippen LogP contribution in [0.15, 0.2) is 24.3 Å². The number of rotatable bonds is 11. The molecule has 2 fully saturated rings. The summed E-state index contributed by atoms with van der Waals surface area (Å²) in [6.07, 6.45) is 13.3. The Morgan fingerprint density at radius 3 is 2.20 bits per heavy atom. The van der Waals surface area contributed by atoms with Crippen molar-refractivity contribution in [1.82, 2.24) is 14.7 Å². The van der Waals surface area contributed by atoms with Crippen molar-refractivity contribution >= 4 is 17.7 Å². The van der Waals surface area contributed by atoms with Gasteiger partial charge in [-0.05, 0) is 51.4 Å². The number of ether oxygens (including phenoxy) is 1. The van der Waals surface area contributed by atoms with Gasteiger partial charge >= 0.3 is 0 Å². The summed E-state index contributed by atoms with van der Waals surface area (Å²) in [5.41, 5.74) is -2.59. The fourth-order valence-electron chi connectivity index (χ4n) is 8.21. The maximum Gasteiger partial charge on any atom is 0.249 e. The number of amides is 3. The molecule has 0 bridgehead atoms. The second-order valence-electron chi connectivity index (χ2n) is 14.4. The van der Waals surface area contributed by atoms with Crippen LogP contribution >= 0.6 is 0 Å². The highest BCUT2D eigenvalue weighted by Gasteiger charge is 2.75. The van der Waals surface area contributed by atoms with Crippen molar-refractivity contribution < 1.29 is 24.2 Å². The first-order valence-corrected chi connectivity index (χ1v) is 15.9. The highest BCUT2D eigenvalue weighted by Crippen LogP contribution is 2.59. The van der Waals surface area contributed by atoms with E-state index in [-0.39, 0.29) is 29.7 Å². The van der Waals surface area contributed by atoms with Gasteiger partial charge in [0.05, 0.1) is 17.4 Å². The maximum absolute atomic E-state index is 14.8. The Bertz CT molecular complexity index is 1060. The molecule has 4 aliphatic heterocycles. The van der Waals surface area contributed by atoms with Crippen LogP contribution in [0.4, 0.5) is 0 Å². The van der Waals surface area contributed by atoms with Gasteiger partial charge in [-0.15, -0.1) is 0 Å². The molecule has 0 aromatic rings. The first-order valence-electron chi connectivity index (χ1n) is 15.9. The summed E-state index contributed by atoms with van der Waals surface area (Å²) < 4.78 is 7.09. The van der Waals surface area contributed by atoms with Crippen LogP contribution in [0, 0.1) is 17.3 Å². The third kappa shape index (κ3) is 5.63. The minimum Gasteiger partial charge on any atom is -0.396 e. The molecule has 230 valence electrons. The summed E-state index contributed by atoms with van der Waals surface area (Å²) in [6.45, 7) is 17.0. The summed E-state index contributed by atoms with van der Waals surface area (Å²) in [6, 6.07) is -0.827. The Hall–Kier alpha value is -2.19. The summed E-state index contributed by atoms with van der Waals surface area (Å²) in [7, 11) is 0. The van der Waals surface area contributed by atoms with Gasteiger partial charge in [-0.2, -0.15) is 0 Å². The quantitative estimate of drug-likeness (QED) is 0.295. The molecule has 8 heteroatoms. The number of hydrogen-bond donors (Lipinski definition) is 1. The lowest BCUT2D eigenvalue weighted by Crippen LogP contribution is -2.60. The molecule has 4 heterocycles. The Labute approximate surface area is 247 Å². The standard InChI is InChI=1S/C33H53N3O5/c1-8-18-34-19-14-16-32(9-2)24(27(34)38)25-28(39)35(20-12-10-11-13-22-37)26-29(40)36(21-15-17-33(25,26)41-32)31(6,7)23-30(3,4)5/h14-17,24-26,37H,8-13,18-23H2,1-7H3/t24-,25+,26?,32+,33+/m1/s1. The molecule has 1 spiro atoms. The molecule has 4 rings (SSSR count). The zero-order valence-corrected chi connectivity index (χ0v) is 26.4. The second-order valence-corrected chi connectivity index (χ2v) is 14.4. The average Bonchev–Trinajstić information content (AvgIpc) is 3.16. The second kappa shape index (κ2) is 11.8. The third-order valence-corrected chi connectivity index (χ3v) is 9.52. The van der Waals surface area contributed by atoms with Crippen LogP contribution in [0.3, 0.4) is 0 Å². The van der Waals surface area contributed by atoms with Crippen molar-refractivity contribution in [3.05, 3.63) is 24.3 Å². The summed E-state index contributed by atoms with van der Waals surface area (Å²) >= 11 is 0. The van der Waals surface area contributed by atoms with Gasteiger partial charge in [0.2, 0.25) is 17.7 Å². The van der Waals surface area contributed by atoms with E-state index in [0.29, 0.717) is 32.6 Å². The number of aliphatic hydroxyl groups is 1. The SMILES string of the molecule is CCCN1CC=C[C@]2(CC)O[C@]34C=CCN(C(C)(C)CC(C)(C)C)C(=O)C3N(CCCCCCO)C(=O)[C@@H]4[C@@H]2C1=O. The number of carbonyl (C=O) groups is 3. The molecule has 0 aromatic heterocycles. The van der Waals surface area contributed by atoms with Crippen molar-refractivity contribution in [2.24, 2.45) is 17.3 Å². The molecule has 0 radical (unpaired) electrons. The van der Waals surface area contributed by atoms with Gasteiger partial charge in [-0.1, -0.05) is 71.8 Å². The largest absolute Gasteiger partial charge is 0.396 e. The van der Waals surface area contributed by atoms with Gasteiger partial charge in [0.15, 0.2) is 0 Å². The Morgan fingerprint density at radius 2 is 1.56 bits per heavy atom. The van der Waals surface area contributed by atoms with Crippen LogP contribution < -0.4 is 0 Å². The van der Waals surface area contributed by atoms with Crippen LogP contribution in [0.25, 0.3) is 0 Å². The lowest BCUT2D eigenvalue weighted by Gasteiger charge is -2.45. The molecule has 0 aliphatic carbocycles. The molecular formula is C33H53N3O5. The zero-order valence-electron chi connectivity index (χ0n) is 26.4. The topological polar surface area (TPSA) is 90.4 Å². The number of unbranched alkanes of at least 4 members (excludes halogenated alkanes) is 3. The fraction of sp³-hybridized carbons (Fsp3) is 0.788. The van der Waals surface area contributed by atoms with Gasteiger partial charge in [0, 0.05) is 38.3 Å². The number of likely N-dealkylation sites (tertiary alicyclic amines) is 1. The Balaban J connectivity index is 1.80. The predicted molar refractivity (Wildman–Crippen MR) is 160 cm³/mol. The highest BCUT2D eigenvalue weighted by atomic mass is 16.5. The minimum atomic E-state index is -1.21. The summed E-state index contributed by atoms with van der Waals surface area (Å²) in [5, 5.41) is 9.22. The van der Waals surface area contributed by atoms with Gasteiger partial charge in [-0.25, -0.2) is 0 Å². The predicted octanol–water partition coefficient (Wildman–Crippen LogP) is 4.32. The van der Waals surface area contributed by atoms with Crippen molar-refractivity contribution in [2.45, 2.75) is 116 Å². The van der Waals surface area contributed by atoms with E-state index in [1.54, 1.807) is 4.90 Å². The van der Waals surface area contributed by atoms with E-state index in [4.69, 9.17) is 4.74 Å². The van der Waals surface area contributed by atoms with E-state index >= 15 is 0 Å². The van der Waals surface area contributed by atoms with Gasteiger partial charge in [0.25, 0.3) is 0 Å². The molecule has 0 saturated carbocycles. The van der Waals surface area contributed by atoms with E-state index < -0.39 is 34.6 Å². The molecule has 2 saturated heterocycles. The Kier molecular flexibility index (Phi) is 9.16. The van der Waals surface area contributed by atoms with Crippen molar-refractivity contribution in [3.8, 4) is 0 Å². The van der Waals surface area contributed by atoms with Crippen LogP contribution in [-0.2, 0) is 19.1 Å². The van der Waals surface area contributed by atoms with Gasteiger partial charge in [0.1, 0.15) is 11.6 Å². The molecule has 0 aromatic carbocycles. The van der Waals surface area contributed by atoms with E-state index in [1.807, 2.05) is 41.0 Å². The lowest BCUT2D eigenvalue weighted by atomic mass is 9.72. The summed E-state index contributed by atoms with van der Waals surface area (Å²) in [4.78, 5) is 49.1. The van der Waals surface area contributed by atoms with Crippen molar-refractivity contribution in [2.75, 3.05) is 32.8 Å². The van der Waals surface area contributed by atoms with Crippen molar-refractivity contribution in [3.63, 3.8) is 0 Å². The van der Waals surface area contributed by atoms with Crippen molar-refractivity contribution in [1.29, 1.82) is 0 Å². The number of hydrogen-bond acceptors (Lipinski definition) is 5. The summed E-state index contributed by atoms with van der Waals surface area (Å²) in [5.74, 6) is -1.73. The van der Waals surface area contributed by atoms with Gasteiger partial charge < -0.3 is 24.5 Å². The minimum absolute atomic E-state index is 0.00117. The van der Waals surface area contributed by atoms with Crippen LogP contribution in [0.2, 0.25) is 0 Å². The van der Waals surface area contributed by atoms with Crippen LogP contribution in [0.1, 0.15) is 93.4 Å². The number of fused-ring (bicyclic) bond motifs is 2. The highest BCUT2D eigenvalue weighted by molar-refractivity contribution is 6.00. The molecule has 8 nitrogen and oxygen atoms in total. The third-order valence-electron chi connectivity index (χ3n) is 9.52. The molecule has 3 amide bonds. The first kappa shape index (κ1) is 31.7. The molecule has 4 aliphatic rings. The lowest BCUT2D eigenvalue weighted by molar-refractivity contribution is -0.157. The molecule has 5 atom stereocenters. The number of carbonyl (C=O) groups excluding carboxylic acids is 3. The molecule has 1 unspecified atom stereocenters. The van der Waals surface area contributed by atoms with Crippen LogP contribution in [-0.4, -0.2) is 93.1 Å². The molecule has 41 heavy (non-hydrogen) atoms. The first-order chi connectivity index (χ1) is 19.3.